The number of aryl methyl sites for hydroxylation is 1. The Morgan fingerprint density at radius 3 is 3.00 bits per heavy atom. The van der Waals surface area contributed by atoms with Gasteiger partial charge < -0.3 is 4.74 Å². The molecule has 0 radical (unpaired) electrons. The maximum absolute atomic E-state index is 5.21. The van der Waals surface area contributed by atoms with Gasteiger partial charge in [0.2, 0.25) is 0 Å². The third-order valence-electron chi connectivity index (χ3n) is 2.35. The average molecular weight is 334 g/mol. The molecule has 0 aromatic carbocycles. The zero-order valence-electron chi connectivity index (χ0n) is 9.49. The molecule has 2 heterocycles. The van der Waals surface area contributed by atoms with E-state index < -0.39 is 0 Å². The van der Waals surface area contributed by atoms with Crippen LogP contribution in [0.1, 0.15) is 5.56 Å². The largest absolute Gasteiger partial charge is 0.383 e. The Morgan fingerprint density at radius 2 is 2.41 bits per heavy atom. The van der Waals surface area contributed by atoms with Crippen LogP contribution in [0.4, 0.5) is 0 Å². The summed E-state index contributed by atoms with van der Waals surface area (Å²) in [6.07, 6.45) is 0. The first-order valence-electron chi connectivity index (χ1n) is 5.04. The summed E-state index contributed by atoms with van der Waals surface area (Å²) in [5.41, 5.74) is 1.21. The second kappa shape index (κ2) is 5.43. The Balaban J connectivity index is 2.41. The van der Waals surface area contributed by atoms with E-state index in [1.54, 1.807) is 18.4 Å². The van der Waals surface area contributed by atoms with E-state index in [1.807, 2.05) is 4.57 Å². The van der Waals surface area contributed by atoms with Crippen molar-refractivity contribution in [2.45, 2.75) is 13.5 Å². The van der Waals surface area contributed by atoms with Gasteiger partial charge in [-0.15, -0.1) is 11.3 Å². The van der Waals surface area contributed by atoms with Crippen LogP contribution in [0.5, 0.6) is 0 Å². The Kier molecular flexibility index (Phi) is 4.13. The molecule has 2 rings (SSSR count). The van der Waals surface area contributed by atoms with Crippen LogP contribution >= 0.6 is 39.5 Å². The lowest BCUT2D eigenvalue weighted by Crippen LogP contribution is -2.05. The first-order valence-corrected chi connectivity index (χ1v) is 7.05. The summed E-state index contributed by atoms with van der Waals surface area (Å²) in [5.74, 6) is 0.867. The van der Waals surface area contributed by atoms with E-state index in [4.69, 9.17) is 17.0 Å². The minimum atomic E-state index is 0.617. The van der Waals surface area contributed by atoms with E-state index in [0.29, 0.717) is 17.9 Å². The second-order valence-corrected chi connectivity index (χ2v) is 6.32. The second-order valence-electron chi connectivity index (χ2n) is 3.56. The summed E-state index contributed by atoms with van der Waals surface area (Å²) in [4.78, 5) is 1.10. The van der Waals surface area contributed by atoms with Crippen molar-refractivity contribution in [2.75, 3.05) is 13.7 Å². The Morgan fingerprint density at radius 1 is 1.65 bits per heavy atom. The zero-order valence-corrected chi connectivity index (χ0v) is 12.7. The van der Waals surface area contributed by atoms with Crippen molar-refractivity contribution in [2.24, 2.45) is 0 Å². The van der Waals surface area contributed by atoms with E-state index in [1.165, 1.54) is 5.56 Å². The van der Waals surface area contributed by atoms with Gasteiger partial charge in [0, 0.05) is 7.11 Å². The van der Waals surface area contributed by atoms with Gasteiger partial charge in [0.1, 0.15) is 0 Å². The summed E-state index contributed by atoms with van der Waals surface area (Å²) in [5, 5.41) is 7.10. The van der Waals surface area contributed by atoms with Gasteiger partial charge in [0.25, 0.3) is 0 Å². The molecule has 1 N–H and O–H groups in total. The average Bonchev–Trinajstić information content (AvgIpc) is 2.81. The van der Waals surface area contributed by atoms with Gasteiger partial charge in [-0.25, -0.2) is 0 Å². The van der Waals surface area contributed by atoms with Crippen molar-refractivity contribution in [3.05, 3.63) is 20.2 Å². The van der Waals surface area contributed by atoms with Crippen LogP contribution in [0, 0.1) is 11.7 Å². The number of hydrogen-bond acceptors (Lipinski definition) is 4. The molecule has 0 amide bonds. The lowest BCUT2D eigenvalue weighted by Gasteiger charge is -2.03. The Labute approximate surface area is 117 Å². The highest BCUT2D eigenvalue weighted by Gasteiger charge is 2.12. The van der Waals surface area contributed by atoms with Gasteiger partial charge in [-0.05, 0) is 46.7 Å². The summed E-state index contributed by atoms with van der Waals surface area (Å²) >= 11 is 10.4. The molecule has 0 aliphatic carbocycles. The fourth-order valence-corrected chi connectivity index (χ4v) is 3.22. The van der Waals surface area contributed by atoms with E-state index in [-0.39, 0.29) is 0 Å². The molecule has 0 aliphatic rings. The first kappa shape index (κ1) is 12.9. The van der Waals surface area contributed by atoms with E-state index in [0.717, 1.165) is 14.5 Å². The summed E-state index contributed by atoms with van der Waals surface area (Å²) in [6, 6.07) is 2.10. The van der Waals surface area contributed by atoms with Crippen LogP contribution in [-0.4, -0.2) is 28.5 Å². The Bertz CT molecular complexity index is 553. The number of nitrogens with one attached hydrogen (secondary N) is 1. The first-order chi connectivity index (χ1) is 8.13. The highest BCUT2D eigenvalue weighted by Crippen LogP contribution is 2.33. The number of aromatic nitrogens is 3. The molecule has 0 fully saturated rings. The highest BCUT2D eigenvalue weighted by atomic mass is 79.9. The number of methoxy groups -OCH3 is 1. The minimum Gasteiger partial charge on any atom is -0.383 e. The molecular weight excluding hydrogens is 322 g/mol. The van der Waals surface area contributed by atoms with Gasteiger partial charge in [0.15, 0.2) is 10.6 Å². The molecule has 4 nitrogen and oxygen atoms in total. The molecule has 17 heavy (non-hydrogen) atoms. The quantitative estimate of drug-likeness (QED) is 0.872. The summed E-state index contributed by atoms with van der Waals surface area (Å²) in [6.45, 7) is 3.38. The van der Waals surface area contributed by atoms with Crippen molar-refractivity contribution in [3.8, 4) is 10.7 Å². The van der Waals surface area contributed by atoms with Gasteiger partial charge in [0.05, 0.1) is 21.8 Å². The maximum Gasteiger partial charge on any atom is 0.195 e. The zero-order chi connectivity index (χ0) is 12.4. The predicted octanol–water partition coefficient (Wildman–Crippen LogP) is 3.39. The molecular formula is C10H12BrN3OS2. The lowest BCUT2D eigenvalue weighted by atomic mass is 10.3. The molecule has 0 spiro atoms. The number of rotatable bonds is 4. The molecule has 0 aliphatic heterocycles. The standard InChI is InChI=1S/C10H12BrN3OS2/c1-6-5-7(17-8(6)11)9-12-13-10(16)14(9)3-4-15-2/h5H,3-4H2,1-2H3,(H,13,16). The molecule has 0 atom stereocenters. The normalized spacial score (nSPS) is 11.0. The van der Waals surface area contributed by atoms with E-state index >= 15 is 0 Å². The van der Waals surface area contributed by atoms with Gasteiger partial charge in [-0.2, -0.15) is 5.10 Å². The molecule has 2 aromatic heterocycles. The summed E-state index contributed by atoms with van der Waals surface area (Å²) < 4.78 is 8.78. The van der Waals surface area contributed by atoms with Gasteiger partial charge >= 0.3 is 0 Å². The predicted molar refractivity (Wildman–Crippen MR) is 75.0 cm³/mol. The van der Waals surface area contributed by atoms with Crippen LogP contribution < -0.4 is 0 Å². The molecule has 2 aromatic rings. The fourth-order valence-electron chi connectivity index (χ4n) is 1.47. The lowest BCUT2D eigenvalue weighted by molar-refractivity contribution is 0.187. The number of nitrogens with zero attached hydrogens (tertiary/aromatic N) is 2. The van der Waals surface area contributed by atoms with Crippen molar-refractivity contribution in [1.29, 1.82) is 0 Å². The molecule has 7 heteroatoms. The third-order valence-corrected chi connectivity index (χ3v) is 4.80. The number of halogens is 1. The third kappa shape index (κ3) is 2.67. The smallest absolute Gasteiger partial charge is 0.195 e. The van der Waals surface area contributed by atoms with Crippen molar-refractivity contribution in [1.82, 2.24) is 14.8 Å². The van der Waals surface area contributed by atoms with E-state index in [9.17, 15) is 0 Å². The minimum absolute atomic E-state index is 0.617. The number of aromatic amines is 1. The summed E-state index contributed by atoms with van der Waals surface area (Å²) in [7, 11) is 1.68. The number of H-pyrrole nitrogens is 1. The molecule has 0 bridgehead atoms. The van der Waals surface area contributed by atoms with Crippen LogP contribution in [0.25, 0.3) is 10.7 Å². The number of ether oxygens (including phenoxy) is 1. The van der Waals surface area contributed by atoms with Crippen LogP contribution in [0.2, 0.25) is 0 Å². The molecule has 92 valence electrons. The topological polar surface area (TPSA) is 42.8 Å². The van der Waals surface area contributed by atoms with Crippen molar-refractivity contribution >= 4 is 39.5 Å². The maximum atomic E-state index is 5.21. The fraction of sp³-hybridized carbons (Fsp3) is 0.400. The van der Waals surface area contributed by atoms with Crippen molar-refractivity contribution in [3.63, 3.8) is 0 Å². The number of hydrogen-bond donors (Lipinski definition) is 1. The van der Waals surface area contributed by atoms with Crippen molar-refractivity contribution < 1.29 is 4.74 Å². The monoisotopic (exact) mass is 333 g/mol. The number of thiophene rings is 1. The Hall–Kier alpha value is -0.500. The van der Waals surface area contributed by atoms with Crippen LogP contribution in [0.15, 0.2) is 9.85 Å². The molecule has 0 saturated heterocycles. The van der Waals surface area contributed by atoms with Gasteiger partial charge in [-0.1, -0.05) is 0 Å². The molecule has 0 saturated carbocycles. The molecule has 0 unspecified atom stereocenters. The SMILES string of the molecule is COCCn1c(-c2cc(C)c(Br)s2)n[nH]c1=S. The highest BCUT2D eigenvalue weighted by molar-refractivity contribution is 9.11. The van der Waals surface area contributed by atoms with E-state index in [2.05, 4.69) is 39.1 Å². The van der Waals surface area contributed by atoms with Crippen LogP contribution in [-0.2, 0) is 11.3 Å². The van der Waals surface area contributed by atoms with Gasteiger partial charge in [-0.3, -0.25) is 9.67 Å². The van der Waals surface area contributed by atoms with Crippen LogP contribution in [0.3, 0.4) is 0 Å².